The Labute approximate surface area is 114 Å². The lowest BCUT2D eigenvalue weighted by Gasteiger charge is -2.37. The van der Waals surface area contributed by atoms with Crippen LogP contribution in [-0.2, 0) is 19.4 Å². The molecule has 7 heteroatoms. The number of nitrogens with zero attached hydrogens (tertiary/aromatic N) is 1. The zero-order valence-electron chi connectivity index (χ0n) is 11.7. The summed E-state index contributed by atoms with van der Waals surface area (Å²) in [5, 5.41) is 2.63. The van der Waals surface area contributed by atoms with Crippen LogP contribution in [0.2, 0.25) is 0 Å². The van der Waals surface area contributed by atoms with Crippen molar-refractivity contribution in [2.45, 2.75) is 45.7 Å². The molecular weight excluding hydrogens is 268 g/mol. The van der Waals surface area contributed by atoms with Gasteiger partial charge in [0, 0.05) is 12.3 Å². The zero-order chi connectivity index (χ0) is 14.6. The molecule has 0 aromatic rings. The number of hydrogen-bond acceptors (Lipinski definition) is 4. The normalized spacial score (nSPS) is 24.5. The maximum absolute atomic E-state index is 12.0. The standard InChI is InChI=1S/C12H22N2O4S/c1-4-10-11(15)13-9(3)12(16)14(10)7-6-8-19(17,18)5-2/h9-10H,4-8H2,1-3H3,(H,13,15). The van der Waals surface area contributed by atoms with Crippen LogP contribution in [0, 0.1) is 0 Å². The summed E-state index contributed by atoms with van der Waals surface area (Å²) in [4.78, 5) is 25.3. The highest BCUT2D eigenvalue weighted by atomic mass is 32.2. The van der Waals surface area contributed by atoms with Gasteiger partial charge in [0.05, 0.1) is 5.75 Å². The third kappa shape index (κ3) is 3.92. The van der Waals surface area contributed by atoms with E-state index in [-0.39, 0.29) is 23.3 Å². The molecule has 0 spiro atoms. The van der Waals surface area contributed by atoms with Crippen molar-refractivity contribution in [1.82, 2.24) is 10.2 Å². The first-order chi connectivity index (χ1) is 8.82. The van der Waals surface area contributed by atoms with E-state index in [0.717, 1.165) is 0 Å². The molecule has 0 aromatic carbocycles. The first kappa shape index (κ1) is 15.9. The molecule has 1 heterocycles. The molecule has 2 unspecified atom stereocenters. The van der Waals surface area contributed by atoms with E-state index in [9.17, 15) is 18.0 Å². The second-order valence-electron chi connectivity index (χ2n) is 4.78. The van der Waals surface area contributed by atoms with Gasteiger partial charge >= 0.3 is 0 Å². The highest BCUT2D eigenvalue weighted by Crippen LogP contribution is 2.13. The van der Waals surface area contributed by atoms with Crippen LogP contribution in [0.3, 0.4) is 0 Å². The van der Waals surface area contributed by atoms with E-state index in [0.29, 0.717) is 19.4 Å². The summed E-state index contributed by atoms with van der Waals surface area (Å²) in [5.41, 5.74) is 0. The quantitative estimate of drug-likeness (QED) is 0.742. The van der Waals surface area contributed by atoms with Gasteiger partial charge < -0.3 is 10.2 Å². The molecule has 1 rings (SSSR count). The van der Waals surface area contributed by atoms with Crippen LogP contribution in [0.4, 0.5) is 0 Å². The first-order valence-corrected chi connectivity index (χ1v) is 8.45. The van der Waals surface area contributed by atoms with Gasteiger partial charge in [-0.3, -0.25) is 9.59 Å². The first-order valence-electron chi connectivity index (χ1n) is 6.63. The average Bonchev–Trinajstić information content (AvgIpc) is 2.35. The van der Waals surface area contributed by atoms with Crippen molar-refractivity contribution in [1.29, 1.82) is 0 Å². The molecule has 0 aromatic heterocycles. The van der Waals surface area contributed by atoms with E-state index in [2.05, 4.69) is 5.32 Å². The number of nitrogens with one attached hydrogen (secondary N) is 1. The smallest absolute Gasteiger partial charge is 0.245 e. The SMILES string of the molecule is CCC1C(=O)NC(C)C(=O)N1CCCS(=O)(=O)CC. The Balaban J connectivity index is 2.67. The van der Waals surface area contributed by atoms with Crippen LogP contribution < -0.4 is 5.32 Å². The minimum Gasteiger partial charge on any atom is -0.343 e. The summed E-state index contributed by atoms with van der Waals surface area (Å²) in [6.45, 7) is 5.39. The fourth-order valence-corrected chi connectivity index (χ4v) is 3.04. The van der Waals surface area contributed by atoms with Crippen molar-refractivity contribution < 1.29 is 18.0 Å². The fourth-order valence-electron chi connectivity index (χ4n) is 2.19. The molecule has 0 bridgehead atoms. The van der Waals surface area contributed by atoms with E-state index in [1.807, 2.05) is 6.92 Å². The van der Waals surface area contributed by atoms with Crippen LogP contribution >= 0.6 is 0 Å². The Morgan fingerprint density at radius 3 is 2.42 bits per heavy atom. The van der Waals surface area contributed by atoms with Gasteiger partial charge in [0.2, 0.25) is 11.8 Å². The summed E-state index contributed by atoms with van der Waals surface area (Å²) in [6.07, 6.45) is 0.906. The molecule has 1 saturated heterocycles. The highest BCUT2D eigenvalue weighted by Gasteiger charge is 2.36. The molecule has 19 heavy (non-hydrogen) atoms. The average molecular weight is 290 g/mol. The summed E-state index contributed by atoms with van der Waals surface area (Å²) < 4.78 is 22.8. The second-order valence-corrected chi connectivity index (χ2v) is 7.25. The van der Waals surface area contributed by atoms with Gasteiger partial charge in [0.25, 0.3) is 0 Å². The van der Waals surface area contributed by atoms with Crippen molar-refractivity contribution in [3.63, 3.8) is 0 Å². The Hall–Kier alpha value is -1.11. The summed E-state index contributed by atoms with van der Waals surface area (Å²) in [7, 11) is -3.03. The molecule has 1 aliphatic rings. The van der Waals surface area contributed by atoms with E-state index in [1.54, 1.807) is 13.8 Å². The van der Waals surface area contributed by atoms with Crippen LogP contribution in [0.15, 0.2) is 0 Å². The van der Waals surface area contributed by atoms with Gasteiger partial charge in [-0.1, -0.05) is 13.8 Å². The maximum Gasteiger partial charge on any atom is 0.245 e. The minimum absolute atomic E-state index is 0.0553. The molecule has 1 aliphatic heterocycles. The maximum atomic E-state index is 12.0. The second kappa shape index (κ2) is 6.36. The molecule has 1 N–H and O–H groups in total. The molecule has 0 radical (unpaired) electrons. The van der Waals surface area contributed by atoms with Gasteiger partial charge in [0.15, 0.2) is 0 Å². The van der Waals surface area contributed by atoms with Gasteiger partial charge in [-0.05, 0) is 19.8 Å². The summed E-state index contributed by atoms with van der Waals surface area (Å²) in [6, 6.07) is -1.01. The predicted octanol–water partition coefficient (Wildman–Crippen LogP) is -0.0633. The molecule has 6 nitrogen and oxygen atoms in total. The van der Waals surface area contributed by atoms with Gasteiger partial charge in [-0.2, -0.15) is 0 Å². The van der Waals surface area contributed by atoms with Crippen molar-refractivity contribution in [3.8, 4) is 0 Å². The van der Waals surface area contributed by atoms with Crippen molar-refractivity contribution in [2.24, 2.45) is 0 Å². The third-order valence-corrected chi connectivity index (χ3v) is 5.16. The van der Waals surface area contributed by atoms with E-state index < -0.39 is 21.9 Å². The molecule has 2 atom stereocenters. The number of hydrogen-bond donors (Lipinski definition) is 1. The molecule has 110 valence electrons. The number of carbonyl (C=O) groups excluding carboxylic acids is 2. The number of rotatable bonds is 6. The zero-order valence-corrected chi connectivity index (χ0v) is 12.5. The van der Waals surface area contributed by atoms with Crippen LogP contribution in [0.1, 0.15) is 33.6 Å². The number of amides is 2. The molecule has 0 saturated carbocycles. The van der Waals surface area contributed by atoms with E-state index >= 15 is 0 Å². The largest absolute Gasteiger partial charge is 0.343 e. The molecule has 0 aliphatic carbocycles. The summed E-state index contributed by atoms with van der Waals surface area (Å²) in [5.74, 6) is -0.136. The van der Waals surface area contributed by atoms with Gasteiger partial charge in [-0.25, -0.2) is 8.42 Å². The predicted molar refractivity (Wildman–Crippen MR) is 72.3 cm³/mol. The lowest BCUT2D eigenvalue weighted by atomic mass is 10.1. The van der Waals surface area contributed by atoms with Crippen LogP contribution in [-0.4, -0.2) is 55.3 Å². The van der Waals surface area contributed by atoms with E-state index in [1.165, 1.54) is 4.90 Å². The molecule has 1 fully saturated rings. The Morgan fingerprint density at radius 1 is 1.26 bits per heavy atom. The Kier molecular flexibility index (Phi) is 5.34. The lowest BCUT2D eigenvalue weighted by molar-refractivity contribution is -0.148. The topological polar surface area (TPSA) is 83.6 Å². The number of piperazine rings is 1. The number of sulfone groups is 1. The monoisotopic (exact) mass is 290 g/mol. The van der Waals surface area contributed by atoms with Crippen molar-refractivity contribution in [2.75, 3.05) is 18.1 Å². The highest BCUT2D eigenvalue weighted by molar-refractivity contribution is 7.91. The fraction of sp³-hybridized carbons (Fsp3) is 0.833. The van der Waals surface area contributed by atoms with Crippen LogP contribution in [0.25, 0.3) is 0 Å². The third-order valence-electron chi connectivity index (χ3n) is 3.37. The molecule has 2 amide bonds. The Morgan fingerprint density at radius 2 is 1.89 bits per heavy atom. The van der Waals surface area contributed by atoms with Crippen molar-refractivity contribution in [3.05, 3.63) is 0 Å². The summed E-state index contributed by atoms with van der Waals surface area (Å²) >= 11 is 0. The Bertz CT molecular complexity index is 447. The van der Waals surface area contributed by atoms with E-state index in [4.69, 9.17) is 0 Å². The van der Waals surface area contributed by atoms with Crippen molar-refractivity contribution >= 4 is 21.7 Å². The van der Waals surface area contributed by atoms with Crippen LogP contribution in [0.5, 0.6) is 0 Å². The molecular formula is C12H22N2O4S. The van der Waals surface area contributed by atoms with Gasteiger partial charge in [-0.15, -0.1) is 0 Å². The lowest BCUT2D eigenvalue weighted by Crippen LogP contribution is -2.62. The number of carbonyl (C=O) groups is 2. The van der Waals surface area contributed by atoms with Gasteiger partial charge in [0.1, 0.15) is 21.9 Å². The minimum atomic E-state index is -3.03.